The van der Waals surface area contributed by atoms with Crippen LogP contribution in [0.1, 0.15) is 38.3 Å². The lowest BCUT2D eigenvalue weighted by Gasteiger charge is -2.29. The number of thioether (sulfide) groups is 1. The first-order valence-electron chi connectivity index (χ1n) is 9.84. The molecule has 0 aliphatic rings. The quantitative estimate of drug-likeness (QED) is 0.562. The van der Waals surface area contributed by atoms with Gasteiger partial charge in [-0.15, -0.1) is 11.8 Å². The SMILES string of the molecule is CCC(C)NC(=O)C(C)N(Cc1ccc(C)cc1)C(=O)CSc1ccc(Cl)cc1. The molecule has 2 amide bonds. The number of rotatable bonds is 9. The average Bonchev–Trinajstić information content (AvgIpc) is 2.72. The Balaban J connectivity index is 2.13. The van der Waals surface area contributed by atoms with Crippen LogP contribution in [0.2, 0.25) is 5.02 Å². The molecule has 0 saturated heterocycles. The number of halogens is 1. The smallest absolute Gasteiger partial charge is 0.242 e. The van der Waals surface area contributed by atoms with Crippen LogP contribution in [0.25, 0.3) is 0 Å². The van der Waals surface area contributed by atoms with Gasteiger partial charge in [-0.05, 0) is 57.0 Å². The molecule has 0 saturated carbocycles. The Morgan fingerprint density at radius 2 is 1.69 bits per heavy atom. The van der Waals surface area contributed by atoms with Crippen LogP contribution in [0.15, 0.2) is 53.4 Å². The molecular weight excluding hydrogens is 404 g/mol. The number of hydrogen-bond donors (Lipinski definition) is 1. The Bertz CT molecular complexity index is 809. The summed E-state index contributed by atoms with van der Waals surface area (Å²) in [5.74, 6) is 0.0580. The van der Waals surface area contributed by atoms with Crippen molar-refractivity contribution < 1.29 is 9.59 Å². The van der Waals surface area contributed by atoms with Crippen molar-refractivity contribution >= 4 is 35.2 Å². The number of carbonyl (C=O) groups is 2. The van der Waals surface area contributed by atoms with Crippen molar-refractivity contribution in [3.05, 3.63) is 64.7 Å². The molecule has 29 heavy (non-hydrogen) atoms. The van der Waals surface area contributed by atoms with Gasteiger partial charge in [-0.2, -0.15) is 0 Å². The molecule has 1 N–H and O–H groups in total. The van der Waals surface area contributed by atoms with Crippen LogP contribution in [0.4, 0.5) is 0 Å². The summed E-state index contributed by atoms with van der Waals surface area (Å²) in [5.41, 5.74) is 2.16. The van der Waals surface area contributed by atoms with Gasteiger partial charge in [0.2, 0.25) is 11.8 Å². The minimum atomic E-state index is -0.552. The first-order chi connectivity index (χ1) is 13.8. The highest BCUT2D eigenvalue weighted by atomic mass is 35.5. The van der Waals surface area contributed by atoms with Crippen molar-refractivity contribution in [2.24, 2.45) is 0 Å². The molecular formula is C23H29ClN2O2S. The van der Waals surface area contributed by atoms with Crippen LogP contribution in [0.5, 0.6) is 0 Å². The fourth-order valence-electron chi connectivity index (χ4n) is 2.70. The second kappa shape index (κ2) is 11.3. The molecule has 0 fully saturated rings. The van der Waals surface area contributed by atoms with E-state index in [4.69, 9.17) is 11.6 Å². The summed E-state index contributed by atoms with van der Waals surface area (Å²) >= 11 is 7.37. The van der Waals surface area contributed by atoms with Crippen LogP contribution < -0.4 is 5.32 Å². The highest BCUT2D eigenvalue weighted by molar-refractivity contribution is 8.00. The maximum absolute atomic E-state index is 13.1. The van der Waals surface area contributed by atoms with Crippen LogP contribution in [0.3, 0.4) is 0 Å². The zero-order valence-electron chi connectivity index (χ0n) is 17.4. The number of nitrogens with one attached hydrogen (secondary N) is 1. The molecule has 0 aromatic heterocycles. The molecule has 0 heterocycles. The summed E-state index contributed by atoms with van der Waals surface area (Å²) in [6.45, 7) is 8.20. The van der Waals surface area contributed by atoms with Crippen molar-refractivity contribution in [3.63, 3.8) is 0 Å². The lowest BCUT2D eigenvalue weighted by Crippen LogP contribution is -2.50. The largest absolute Gasteiger partial charge is 0.352 e. The maximum atomic E-state index is 13.1. The molecule has 2 rings (SSSR count). The van der Waals surface area contributed by atoms with E-state index >= 15 is 0 Å². The summed E-state index contributed by atoms with van der Waals surface area (Å²) in [6, 6.07) is 15.0. The fourth-order valence-corrected chi connectivity index (χ4v) is 3.61. The maximum Gasteiger partial charge on any atom is 0.242 e. The van der Waals surface area contributed by atoms with E-state index in [1.54, 1.807) is 24.0 Å². The first kappa shape index (κ1) is 23.3. The van der Waals surface area contributed by atoms with E-state index in [2.05, 4.69) is 5.32 Å². The van der Waals surface area contributed by atoms with Gasteiger partial charge in [0.05, 0.1) is 5.75 Å². The van der Waals surface area contributed by atoms with Gasteiger partial charge in [0, 0.05) is 22.5 Å². The van der Waals surface area contributed by atoms with Crippen LogP contribution >= 0.6 is 23.4 Å². The monoisotopic (exact) mass is 432 g/mol. The summed E-state index contributed by atoms with van der Waals surface area (Å²) in [5, 5.41) is 3.65. The molecule has 2 atom stereocenters. The van der Waals surface area contributed by atoms with Gasteiger partial charge in [0.15, 0.2) is 0 Å². The predicted molar refractivity (Wildman–Crippen MR) is 121 cm³/mol. The van der Waals surface area contributed by atoms with Crippen molar-refractivity contribution in [3.8, 4) is 0 Å². The van der Waals surface area contributed by atoms with Crippen molar-refractivity contribution in [2.75, 3.05) is 5.75 Å². The second-order valence-electron chi connectivity index (χ2n) is 7.24. The van der Waals surface area contributed by atoms with Gasteiger partial charge in [-0.1, -0.05) is 48.4 Å². The molecule has 0 aliphatic carbocycles. The van der Waals surface area contributed by atoms with E-state index in [0.29, 0.717) is 11.6 Å². The third kappa shape index (κ3) is 7.41. The molecule has 156 valence electrons. The molecule has 2 aromatic carbocycles. The van der Waals surface area contributed by atoms with Crippen LogP contribution in [-0.2, 0) is 16.1 Å². The van der Waals surface area contributed by atoms with E-state index < -0.39 is 6.04 Å². The van der Waals surface area contributed by atoms with E-state index in [-0.39, 0.29) is 23.6 Å². The van der Waals surface area contributed by atoms with E-state index in [1.807, 2.05) is 57.2 Å². The first-order valence-corrected chi connectivity index (χ1v) is 11.2. The summed E-state index contributed by atoms with van der Waals surface area (Å²) in [4.78, 5) is 28.4. The second-order valence-corrected chi connectivity index (χ2v) is 8.73. The van der Waals surface area contributed by atoms with E-state index in [9.17, 15) is 9.59 Å². The van der Waals surface area contributed by atoms with Gasteiger partial charge in [0.1, 0.15) is 6.04 Å². The zero-order valence-corrected chi connectivity index (χ0v) is 19.0. The molecule has 6 heteroatoms. The fraction of sp³-hybridized carbons (Fsp3) is 0.391. The lowest BCUT2D eigenvalue weighted by atomic mass is 10.1. The van der Waals surface area contributed by atoms with Gasteiger partial charge in [-0.25, -0.2) is 0 Å². The number of amides is 2. The summed E-state index contributed by atoms with van der Waals surface area (Å²) < 4.78 is 0. The highest BCUT2D eigenvalue weighted by Crippen LogP contribution is 2.22. The molecule has 0 spiro atoms. The Kier molecular flexibility index (Phi) is 9.05. The number of aryl methyl sites for hydroxylation is 1. The van der Waals surface area contributed by atoms with Crippen molar-refractivity contribution in [1.29, 1.82) is 0 Å². The minimum absolute atomic E-state index is 0.0719. The lowest BCUT2D eigenvalue weighted by molar-refractivity contribution is -0.138. The topological polar surface area (TPSA) is 49.4 Å². The Morgan fingerprint density at radius 1 is 1.07 bits per heavy atom. The third-order valence-electron chi connectivity index (χ3n) is 4.82. The molecule has 2 unspecified atom stereocenters. The van der Waals surface area contributed by atoms with E-state index in [0.717, 1.165) is 22.4 Å². The van der Waals surface area contributed by atoms with Crippen molar-refractivity contribution in [1.82, 2.24) is 10.2 Å². The molecule has 0 radical (unpaired) electrons. The minimum Gasteiger partial charge on any atom is -0.352 e. The van der Waals surface area contributed by atoms with Gasteiger partial charge in [-0.3, -0.25) is 9.59 Å². The van der Waals surface area contributed by atoms with Gasteiger partial charge >= 0.3 is 0 Å². The van der Waals surface area contributed by atoms with Crippen LogP contribution in [0, 0.1) is 6.92 Å². The van der Waals surface area contributed by atoms with E-state index in [1.165, 1.54) is 11.8 Å². The van der Waals surface area contributed by atoms with Crippen molar-refractivity contribution in [2.45, 2.75) is 57.6 Å². The number of carbonyl (C=O) groups excluding carboxylic acids is 2. The Labute approximate surface area is 183 Å². The predicted octanol–water partition coefficient (Wildman–Crippen LogP) is 5.07. The molecule has 0 bridgehead atoms. The number of hydrogen-bond acceptors (Lipinski definition) is 3. The molecule has 4 nitrogen and oxygen atoms in total. The number of nitrogens with zero attached hydrogens (tertiary/aromatic N) is 1. The standard InChI is InChI=1S/C23H29ClN2O2S/c1-5-17(3)25-23(28)18(4)26(14-19-8-6-16(2)7-9-19)22(27)15-29-21-12-10-20(24)11-13-21/h6-13,17-18H,5,14-15H2,1-4H3,(H,25,28). The number of benzene rings is 2. The highest BCUT2D eigenvalue weighted by Gasteiger charge is 2.26. The molecule has 2 aromatic rings. The molecule has 0 aliphatic heterocycles. The van der Waals surface area contributed by atoms with Gasteiger partial charge < -0.3 is 10.2 Å². The summed E-state index contributed by atoms with van der Waals surface area (Å²) in [6.07, 6.45) is 0.844. The summed E-state index contributed by atoms with van der Waals surface area (Å²) in [7, 11) is 0. The third-order valence-corrected chi connectivity index (χ3v) is 6.07. The Hall–Kier alpha value is -1.98. The Morgan fingerprint density at radius 3 is 2.28 bits per heavy atom. The van der Waals surface area contributed by atoms with Gasteiger partial charge in [0.25, 0.3) is 0 Å². The van der Waals surface area contributed by atoms with Crippen LogP contribution in [-0.4, -0.2) is 34.6 Å². The average molecular weight is 433 g/mol. The zero-order chi connectivity index (χ0) is 21.4. The normalized spacial score (nSPS) is 12.9.